The van der Waals surface area contributed by atoms with Crippen LogP contribution in [-0.4, -0.2) is 25.4 Å². The van der Waals surface area contributed by atoms with Crippen molar-refractivity contribution in [3.05, 3.63) is 101 Å². The van der Waals surface area contributed by atoms with Crippen LogP contribution in [0.15, 0.2) is 71.3 Å². The van der Waals surface area contributed by atoms with Crippen molar-refractivity contribution in [1.82, 2.24) is 14.4 Å². The van der Waals surface area contributed by atoms with Crippen molar-refractivity contribution in [3.8, 4) is 22.9 Å². The summed E-state index contributed by atoms with van der Waals surface area (Å²) in [4.78, 5) is 21.9. The lowest BCUT2D eigenvalue weighted by molar-refractivity contribution is -0.132. The smallest absolute Gasteiger partial charge is 0.309 e. The number of hydrogen-bond acceptors (Lipinski definition) is 6. The van der Waals surface area contributed by atoms with Crippen LogP contribution in [0.1, 0.15) is 41.0 Å². The van der Waals surface area contributed by atoms with E-state index in [2.05, 4.69) is 0 Å². The second kappa shape index (κ2) is 9.10. The highest BCUT2D eigenvalue weighted by Gasteiger charge is 2.22. The number of benzene rings is 2. The first-order valence-corrected chi connectivity index (χ1v) is 11.4. The maximum absolute atomic E-state index is 12.1. The Hall–Kier alpha value is -4.39. The van der Waals surface area contributed by atoms with Crippen LogP contribution in [0.4, 0.5) is 0 Å². The largest absolute Gasteiger partial charge is 0.508 e. The van der Waals surface area contributed by atoms with E-state index >= 15 is 0 Å². The third kappa shape index (κ3) is 4.66. The van der Waals surface area contributed by atoms with Crippen molar-refractivity contribution >= 4 is 11.6 Å². The van der Waals surface area contributed by atoms with Crippen LogP contribution in [0.3, 0.4) is 0 Å². The number of nitrogens with zero attached hydrogens (tertiary/aromatic N) is 3. The molecule has 0 saturated heterocycles. The number of hydrogen-bond donors (Lipinski definition) is 1. The number of fused-ring (bicyclic) bond motifs is 1. The number of aryl methyl sites for hydroxylation is 2. The van der Waals surface area contributed by atoms with Crippen LogP contribution in [0.25, 0.3) is 16.9 Å². The highest BCUT2D eigenvalue weighted by Crippen LogP contribution is 2.30. The Bertz CT molecular complexity index is 1500. The first kappa shape index (κ1) is 22.4. The summed E-state index contributed by atoms with van der Waals surface area (Å²) in [7, 11) is 0. The molecule has 0 aliphatic heterocycles. The Kier molecular flexibility index (Phi) is 5.82. The number of aromatic nitrogens is 3. The van der Waals surface area contributed by atoms with E-state index in [0.29, 0.717) is 35.8 Å². The fourth-order valence-electron chi connectivity index (χ4n) is 4.07. The molecule has 0 spiro atoms. The van der Waals surface area contributed by atoms with Crippen LogP contribution in [0.5, 0.6) is 11.6 Å². The molecular weight excluding hydrogens is 442 g/mol. The van der Waals surface area contributed by atoms with Crippen LogP contribution in [-0.2, 0) is 17.6 Å². The molecule has 7 heteroatoms. The molecule has 0 aliphatic rings. The van der Waals surface area contributed by atoms with E-state index in [4.69, 9.17) is 19.1 Å². The highest BCUT2D eigenvalue weighted by atomic mass is 16.5. The van der Waals surface area contributed by atoms with Crippen molar-refractivity contribution in [2.75, 3.05) is 0 Å². The van der Waals surface area contributed by atoms with E-state index < -0.39 is 5.97 Å². The van der Waals surface area contributed by atoms with Gasteiger partial charge >= 0.3 is 5.97 Å². The van der Waals surface area contributed by atoms with E-state index in [1.54, 1.807) is 28.7 Å². The van der Waals surface area contributed by atoms with Gasteiger partial charge in [0.25, 0.3) is 0 Å². The number of phenols is 1. The van der Waals surface area contributed by atoms with Crippen molar-refractivity contribution in [2.24, 2.45) is 0 Å². The van der Waals surface area contributed by atoms with Gasteiger partial charge in [-0.2, -0.15) is 0 Å². The minimum Gasteiger partial charge on any atom is -0.508 e. The second-order valence-electron chi connectivity index (χ2n) is 8.56. The lowest BCUT2D eigenvalue weighted by atomic mass is 10.1. The second-order valence-corrected chi connectivity index (χ2v) is 8.56. The summed E-state index contributed by atoms with van der Waals surface area (Å²) < 4.78 is 13.3. The number of imidazole rings is 1. The van der Waals surface area contributed by atoms with Crippen LogP contribution < -0.4 is 4.74 Å². The van der Waals surface area contributed by atoms with Gasteiger partial charge < -0.3 is 14.3 Å². The zero-order valence-corrected chi connectivity index (χ0v) is 19.8. The van der Waals surface area contributed by atoms with Crippen LogP contribution >= 0.6 is 0 Å². The molecule has 0 aliphatic carbocycles. The van der Waals surface area contributed by atoms with Gasteiger partial charge in [0.05, 0.1) is 17.8 Å². The summed E-state index contributed by atoms with van der Waals surface area (Å²) in [6, 6.07) is 18.8. The molecular formula is C28H25N3O4. The number of rotatable bonds is 6. The van der Waals surface area contributed by atoms with Crippen molar-refractivity contribution in [1.29, 1.82) is 0 Å². The number of carbonyl (C=O) groups is 1. The molecule has 0 bridgehead atoms. The first-order chi connectivity index (χ1) is 16.9. The molecule has 0 atom stereocenters. The summed E-state index contributed by atoms with van der Waals surface area (Å²) in [5.41, 5.74) is 5.58. The Morgan fingerprint density at radius 2 is 1.74 bits per heavy atom. The summed E-state index contributed by atoms with van der Waals surface area (Å²) in [6.45, 7) is 5.28. The van der Waals surface area contributed by atoms with Gasteiger partial charge in [0.15, 0.2) is 5.65 Å². The molecule has 7 nitrogen and oxygen atoms in total. The Labute approximate surface area is 202 Å². The molecule has 2 aromatic carbocycles. The Morgan fingerprint density at radius 1 is 1.00 bits per heavy atom. The predicted molar refractivity (Wildman–Crippen MR) is 132 cm³/mol. The van der Waals surface area contributed by atoms with Gasteiger partial charge in [0, 0.05) is 25.1 Å². The lowest BCUT2D eigenvalue weighted by Crippen LogP contribution is -2.07. The normalized spacial score (nSPS) is 11.2. The molecule has 3 heterocycles. The zero-order chi connectivity index (χ0) is 24.5. The van der Waals surface area contributed by atoms with Crippen molar-refractivity contribution < 1.29 is 19.1 Å². The number of ether oxygens (including phenoxy) is 1. The van der Waals surface area contributed by atoms with E-state index in [1.165, 1.54) is 6.92 Å². The van der Waals surface area contributed by atoms with Gasteiger partial charge in [0.2, 0.25) is 5.88 Å². The molecule has 1 N–H and O–H groups in total. The van der Waals surface area contributed by atoms with Crippen molar-refractivity contribution in [3.63, 3.8) is 0 Å². The summed E-state index contributed by atoms with van der Waals surface area (Å²) in [5.74, 6) is 1.67. The van der Waals surface area contributed by atoms with Gasteiger partial charge in [-0.15, -0.1) is 0 Å². The molecule has 5 rings (SSSR count). The number of aromatic hydroxyl groups is 1. The third-order valence-electron chi connectivity index (χ3n) is 5.88. The van der Waals surface area contributed by atoms with Gasteiger partial charge in [-0.05, 0) is 55.3 Å². The van der Waals surface area contributed by atoms with Crippen molar-refractivity contribution in [2.45, 2.75) is 33.6 Å². The number of furan rings is 1. The fourth-order valence-corrected chi connectivity index (χ4v) is 4.07. The van der Waals surface area contributed by atoms with Crippen LogP contribution in [0.2, 0.25) is 0 Å². The number of phenolic OH excluding ortho intramolecular Hbond substituents is 1. The Balaban J connectivity index is 1.71. The number of carbonyl (C=O) groups excluding carboxylic acids is 1. The topological polar surface area (TPSA) is 89.9 Å². The molecule has 0 fully saturated rings. The van der Waals surface area contributed by atoms with Gasteiger partial charge in [-0.1, -0.05) is 30.3 Å². The molecule has 0 unspecified atom stereocenters. The summed E-state index contributed by atoms with van der Waals surface area (Å²) in [5, 5.41) is 9.73. The van der Waals surface area contributed by atoms with Gasteiger partial charge in [-0.3, -0.25) is 9.20 Å². The van der Waals surface area contributed by atoms with Gasteiger partial charge in [-0.25, -0.2) is 9.97 Å². The first-order valence-electron chi connectivity index (χ1n) is 11.4. The summed E-state index contributed by atoms with van der Waals surface area (Å²) >= 11 is 0. The highest BCUT2D eigenvalue weighted by molar-refractivity contribution is 5.71. The average Bonchev–Trinajstić information content (AvgIpc) is 3.33. The van der Waals surface area contributed by atoms with Gasteiger partial charge in [0.1, 0.15) is 23.0 Å². The van der Waals surface area contributed by atoms with E-state index in [0.717, 1.165) is 33.9 Å². The minimum absolute atomic E-state index is 0.175. The fraction of sp³-hybridized carbons (Fsp3) is 0.179. The molecule has 3 aromatic heterocycles. The van der Waals surface area contributed by atoms with E-state index in [1.807, 2.05) is 56.4 Å². The Morgan fingerprint density at radius 3 is 2.40 bits per heavy atom. The molecule has 176 valence electrons. The number of esters is 1. The average molecular weight is 468 g/mol. The lowest BCUT2D eigenvalue weighted by Gasteiger charge is -2.10. The molecule has 0 saturated carbocycles. The quantitative estimate of drug-likeness (QED) is 0.336. The van der Waals surface area contributed by atoms with Crippen LogP contribution in [0, 0.1) is 13.8 Å². The maximum Gasteiger partial charge on any atom is 0.309 e. The molecule has 0 radical (unpaired) electrons. The van der Waals surface area contributed by atoms with E-state index in [9.17, 15) is 9.90 Å². The minimum atomic E-state index is -0.438. The third-order valence-corrected chi connectivity index (χ3v) is 5.88. The standard InChI is InChI=1S/C28H25N3O4/c1-17-13-23(34-18(17)2)15-25-28(35-19(3)32)31-16-26(21-9-11-22(33)12-10-21)29-24(27(31)30-25)14-20-7-5-4-6-8-20/h4-13,16,33H,14-15H2,1-3H3. The summed E-state index contributed by atoms with van der Waals surface area (Å²) in [6.07, 6.45) is 2.73. The molecule has 35 heavy (non-hydrogen) atoms. The molecule has 0 amide bonds. The maximum atomic E-state index is 12.1. The van der Waals surface area contributed by atoms with E-state index in [-0.39, 0.29) is 5.75 Å². The monoisotopic (exact) mass is 467 g/mol. The SMILES string of the molecule is CC(=O)Oc1c(Cc2cc(C)c(C)o2)nc2c(Cc3ccccc3)nc(-c3ccc(O)cc3)cn12. The zero-order valence-electron chi connectivity index (χ0n) is 19.8. The predicted octanol–water partition coefficient (Wildman–Crippen LogP) is 5.42. The molecule has 5 aromatic rings.